The molecule has 7 heteroatoms. The number of rotatable bonds is 1. The fraction of sp³-hybridized carbons (Fsp3) is 0.900. The minimum Gasteiger partial charge on any atom is -0.378 e. The van der Waals surface area contributed by atoms with E-state index in [1.165, 1.54) is 0 Å². The zero-order valence-electron chi connectivity index (χ0n) is 9.26. The van der Waals surface area contributed by atoms with Gasteiger partial charge in [0.05, 0.1) is 19.1 Å². The number of carbonyl (C=O) groups excluding carboxylic acids is 1. The van der Waals surface area contributed by atoms with Crippen LogP contribution in [0.25, 0.3) is 0 Å². The summed E-state index contributed by atoms with van der Waals surface area (Å²) in [6, 6.07) is -0.387. The fourth-order valence-corrected chi connectivity index (χ4v) is 2.20. The molecule has 0 bridgehead atoms. The number of likely N-dealkylation sites (tertiary alicyclic amines) is 1. The quantitative estimate of drug-likeness (QED) is 0.704. The Morgan fingerprint density at radius 2 is 2.00 bits per heavy atom. The van der Waals surface area contributed by atoms with E-state index in [9.17, 15) is 23.1 Å². The van der Waals surface area contributed by atoms with Crippen LogP contribution < -0.4 is 5.32 Å². The first-order valence-electron chi connectivity index (χ1n) is 5.65. The number of halogens is 3. The molecule has 1 unspecified atom stereocenters. The summed E-state index contributed by atoms with van der Waals surface area (Å²) in [5, 5.41) is 12.2. The van der Waals surface area contributed by atoms with Crippen LogP contribution in [0.15, 0.2) is 0 Å². The van der Waals surface area contributed by atoms with E-state index in [-0.39, 0.29) is 11.9 Å². The van der Waals surface area contributed by atoms with E-state index in [1.54, 1.807) is 0 Å². The Hall–Kier alpha value is -0.820. The van der Waals surface area contributed by atoms with Crippen LogP contribution in [0.1, 0.15) is 19.3 Å². The normalized spacial score (nSPS) is 28.7. The van der Waals surface area contributed by atoms with Gasteiger partial charge < -0.3 is 15.3 Å². The summed E-state index contributed by atoms with van der Waals surface area (Å²) in [5.74, 6) is -0.335. The second-order valence-electron chi connectivity index (χ2n) is 4.73. The maximum atomic E-state index is 12.4. The molecular formula is C10H15F3N2O2. The van der Waals surface area contributed by atoms with Gasteiger partial charge in [-0.1, -0.05) is 6.42 Å². The summed E-state index contributed by atoms with van der Waals surface area (Å²) in [4.78, 5) is 12.8. The highest BCUT2D eigenvalue weighted by atomic mass is 19.4. The van der Waals surface area contributed by atoms with Crippen molar-refractivity contribution in [3.63, 3.8) is 0 Å². The third-order valence-electron chi connectivity index (χ3n) is 3.35. The lowest BCUT2D eigenvalue weighted by molar-refractivity contribution is -0.297. The zero-order valence-corrected chi connectivity index (χ0v) is 9.26. The predicted octanol–water partition coefficient (Wildman–Crippen LogP) is 0.264. The molecule has 0 aromatic heterocycles. The lowest BCUT2D eigenvalue weighted by Crippen LogP contribution is -2.72. The number of piperidine rings is 1. The zero-order chi connectivity index (χ0) is 12.7. The Morgan fingerprint density at radius 3 is 2.47 bits per heavy atom. The molecule has 0 saturated carbocycles. The minimum atomic E-state index is -4.66. The summed E-state index contributed by atoms with van der Waals surface area (Å²) >= 11 is 0. The number of hydrogen-bond donors (Lipinski definition) is 2. The van der Waals surface area contributed by atoms with Crippen molar-refractivity contribution in [3.05, 3.63) is 0 Å². The largest absolute Gasteiger partial charge is 0.420 e. The van der Waals surface area contributed by atoms with Crippen LogP contribution in [0, 0.1) is 0 Å². The van der Waals surface area contributed by atoms with E-state index in [4.69, 9.17) is 0 Å². The van der Waals surface area contributed by atoms with Crippen LogP contribution in [-0.4, -0.2) is 53.4 Å². The molecule has 2 fully saturated rings. The number of nitrogens with zero attached hydrogens (tertiary/aromatic N) is 1. The highest BCUT2D eigenvalue weighted by Gasteiger charge is 2.62. The highest BCUT2D eigenvalue weighted by Crippen LogP contribution is 2.38. The van der Waals surface area contributed by atoms with Crippen LogP contribution in [0.5, 0.6) is 0 Å². The van der Waals surface area contributed by atoms with E-state index < -0.39 is 24.9 Å². The molecular weight excluding hydrogens is 237 g/mol. The van der Waals surface area contributed by atoms with Crippen molar-refractivity contribution in [3.8, 4) is 0 Å². The molecule has 0 aromatic carbocycles. The van der Waals surface area contributed by atoms with Crippen LogP contribution in [0.4, 0.5) is 13.2 Å². The lowest BCUT2D eigenvalue weighted by atomic mass is 9.91. The van der Waals surface area contributed by atoms with Gasteiger partial charge in [0.2, 0.25) is 5.91 Å². The molecule has 0 aliphatic carbocycles. The van der Waals surface area contributed by atoms with Gasteiger partial charge >= 0.3 is 6.18 Å². The van der Waals surface area contributed by atoms with Crippen LogP contribution in [-0.2, 0) is 4.79 Å². The number of hydrogen-bond acceptors (Lipinski definition) is 3. The van der Waals surface area contributed by atoms with Gasteiger partial charge in [-0.3, -0.25) is 4.79 Å². The summed E-state index contributed by atoms with van der Waals surface area (Å²) in [7, 11) is 0. The molecule has 2 rings (SSSR count). The number of amides is 1. The Morgan fingerprint density at radius 1 is 1.35 bits per heavy atom. The molecule has 2 heterocycles. The molecule has 98 valence electrons. The van der Waals surface area contributed by atoms with Crippen LogP contribution in [0.3, 0.4) is 0 Å². The number of nitrogens with one attached hydrogen (secondary N) is 1. The van der Waals surface area contributed by atoms with Gasteiger partial charge in [0.15, 0.2) is 5.60 Å². The van der Waals surface area contributed by atoms with Gasteiger partial charge in [0.25, 0.3) is 0 Å². The van der Waals surface area contributed by atoms with Crippen molar-refractivity contribution in [1.82, 2.24) is 10.2 Å². The summed E-state index contributed by atoms with van der Waals surface area (Å²) in [6.45, 7) is -0.575. The predicted molar refractivity (Wildman–Crippen MR) is 53.2 cm³/mol. The lowest BCUT2D eigenvalue weighted by Gasteiger charge is -2.48. The smallest absolute Gasteiger partial charge is 0.378 e. The maximum Gasteiger partial charge on any atom is 0.420 e. The van der Waals surface area contributed by atoms with E-state index in [1.807, 2.05) is 0 Å². The third-order valence-corrected chi connectivity index (χ3v) is 3.35. The standard InChI is InChI=1S/C10H15F3N2O2/c11-10(12,13)9(17)5-15(6-9)8(16)7-3-1-2-4-14-7/h7,14,17H,1-6H2. The third kappa shape index (κ3) is 2.26. The maximum absolute atomic E-state index is 12.4. The highest BCUT2D eigenvalue weighted by molar-refractivity contribution is 5.83. The van der Waals surface area contributed by atoms with Crippen molar-refractivity contribution in [2.24, 2.45) is 0 Å². The molecule has 0 aromatic rings. The van der Waals surface area contributed by atoms with Crippen molar-refractivity contribution >= 4 is 5.91 Å². The van der Waals surface area contributed by atoms with Crippen molar-refractivity contribution < 1.29 is 23.1 Å². The molecule has 0 spiro atoms. The van der Waals surface area contributed by atoms with E-state index in [0.29, 0.717) is 13.0 Å². The van der Waals surface area contributed by atoms with E-state index in [0.717, 1.165) is 17.7 Å². The molecule has 4 nitrogen and oxygen atoms in total. The van der Waals surface area contributed by atoms with Crippen LogP contribution >= 0.6 is 0 Å². The molecule has 2 aliphatic heterocycles. The van der Waals surface area contributed by atoms with Gasteiger partial charge in [0.1, 0.15) is 0 Å². The topological polar surface area (TPSA) is 52.6 Å². The van der Waals surface area contributed by atoms with E-state index >= 15 is 0 Å². The van der Waals surface area contributed by atoms with Gasteiger partial charge in [-0.2, -0.15) is 13.2 Å². The van der Waals surface area contributed by atoms with Gasteiger partial charge in [-0.25, -0.2) is 0 Å². The van der Waals surface area contributed by atoms with E-state index in [2.05, 4.69) is 5.32 Å². The Balaban J connectivity index is 1.89. The summed E-state index contributed by atoms with van der Waals surface area (Å²) < 4.78 is 37.1. The first-order valence-corrected chi connectivity index (χ1v) is 5.65. The van der Waals surface area contributed by atoms with Gasteiger partial charge in [-0.05, 0) is 19.4 Å². The second kappa shape index (κ2) is 4.13. The molecule has 2 aliphatic rings. The van der Waals surface area contributed by atoms with Crippen molar-refractivity contribution in [2.45, 2.75) is 37.1 Å². The molecule has 0 radical (unpaired) electrons. The van der Waals surface area contributed by atoms with Gasteiger partial charge in [0, 0.05) is 0 Å². The summed E-state index contributed by atoms with van der Waals surface area (Å²) in [5.41, 5.74) is -2.71. The number of aliphatic hydroxyl groups is 1. The monoisotopic (exact) mass is 252 g/mol. The number of carbonyl (C=O) groups is 1. The average Bonchev–Trinajstić information content (AvgIpc) is 2.23. The van der Waals surface area contributed by atoms with Crippen molar-refractivity contribution in [2.75, 3.05) is 19.6 Å². The molecule has 2 saturated heterocycles. The molecule has 1 amide bonds. The minimum absolute atomic E-state index is 0.335. The number of β-amino-alcohol motifs (C(OH)–C–C–N with tert-alkyl or cyclic N) is 1. The first kappa shape index (κ1) is 12.6. The molecule has 2 N–H and O–H groups in total. The Labute approximate surface area is 96.8 Å². The first-order chi connectivity index (χ1) is 7.83. The molecule has 17 heavy (non-hydrogen) atoms. The number of alkyl halides is 3. The average molecular weight is 252 g/mol. The Kier molecular flexibility index (Phi) is 3.07. The van der Waals surface area contributed by atoms with Crippen molar-refractivity contribution in [1.29, 1.82) is 0 Å². The fourth-order valence-electron chi connectivity index (χ4n) is 2.20. The molecule has 1 atom stereocenters. The second-order valence-corrected chi connectivity index (χ2v) is 4.73. The Bertz CT molecular complexity index is 307. The SMILES string of the molecule is O=C(C1CCCCN1)N1CC(O)(C(F)(F)F)C1. The van der Waals surface area contributed by atoms with Crippen LogP contribution in [0.2, 0.25) is 0 Å². The summed E-state index contributed by atoms with van der Waals surface area (Å²) in [6.07, 6.45) is -2.12. The van der Waals surface area contributed by atoms with Gasteiger partial charge in [-0.15, -0.1) is 0 Å².